The van der Waals surface area contributed by atoms with Crippen LogP contribution in [0.1, 0.15) is 30.7 Å². The molecule has 3 atom stereocenters. The number of halogens is 1. The Bertz CT molecular complexity index is 962. The van der Waals surface area contributed by atoms with Crippen molar-refractivity contribution in [3.05, 3.63) is 34.9 Å². The molecule has 32 heavy (non-hydrogen) atoms. The minimum atomic E-state index is -2.92. The van der Waals surface area contributed by atoms with Crippen LogP contribution in [0.3, 0.4) is 0 Å². The lowest BCUT2D eigenvalue weighted by Crippen LogP contribution is -2.46. The number of piperidine rings is 1. The number of likely N-dealkylation sites (N-methyl/N-ethyl adjacent to an activating group) is 1. The van der Waals surface area contributed by atoms with Gasteiger partial charge in [-0.25, -0.2) is 13.2 Å². The quantitative estimate of drug-likeness (QED) is 0.704. The first-order chi connectivity index (χ1) is 15.1. The van der Waals surface area contributed by atoms with Crippen molar-refractivity contribution in [1.82, 2.24) is 14.7 Å². The summed E-state index contributed by atoms with van der Waals surface area (Å²) in [7, 11) is -1.37. The maximum Gasteiger partial charge on any atom is 0.407 e. The Morgan fingerprint density at radius 3 is 2.31 bits per heavy atom. The van der Waals surface area contributed by atoms with Gasteiger partial charge in [-0.1, -0.05) is 23.7 Å². The number of benzene rings is 1. The summed E-state index contributed by atoms with van der Waals surface area (Å²) in [6.07, 6.45) is 1.08. The van der Waals surface area contributed by atoms with Gasteiger partial charge >= 0.3 is 6.09 Å². The summed E-state index contributed by atoms with van der Waals surface area (Å²) < 4.78 is 23.6. The van der Waals surface area contributed by atoms with Gasteiger partial charge in [0.05, 0.1) is 17.5 Å². The van der Waals surface area contributed by atoms with Gasteiger partial charge in [-0.15, -0.1) is 0 Å². The Balaban J connectivity index is 1.41. The van der Waals surface area contributed by atoms with Crippen molar-refractivity contribution in [2.24, 2.45) is 5.92 Å². The number of amides is 2. The van der Waals surface area contributed by atoms with Crippen LogP contribution in [0.15, 0.2) is 24.3 Å². The molecular formula is C22H30ClN3O5S. The molecule has 3 saturated heterocycles. The molecule has 8 nitrogen and oxygen atoms in total. The van der Waals surface area contributed by atoms with Crippen LogP contribution >= 0.6 is 11.6 Å². The normalized spacial score (nSPS) is 28.7. The van der Waals surface area contributed by atoms with E-state index in [-0.39, 0.29) is 41.3 Å². The molecule has 0 radical (unpaired) electrons. The molecule has 176 valence electrons. The number of carboxylic acid groups (broad SMARTS) is 1. The molecule has 4 rings (SSSR count). The van der Waals surface area contributed by atoms with Crippen LogP contribution in [0.5, 0.6) is 0 Å². The maximum absolute atomic E-state index is 13.3. The summed E-state index contributed by atoms with van der Waals surface area (Å²) in [5, 5.41) is 10.2. The molecule has 2 amide bonds. The second-order valence-corrected chi connectivity index (χ2v) is 11.9. The topological polar surface area (TPSA) is 98.2 Å². The Labute approximate surface area is 194 Å². The second kappa shape index (κ2) is 9.19. The smallest absolute Gasteiger partial charge is 0.407 e. The predicted molar refractivity (Wildman–Crippen MR) is 122 cm³/mol. The predicted octanol–water partition coefficient (Wildman–Crippen LogP) is 2.14. The zero-order valence-electron chi connectivity index (χ0n) is 18.2. The van der Waals surface area contributed by atoms with Crippen LogP contribution in [-0.4, -0.2) is 97.0 Å². The van der Waals surface area contributed by atoms with Gasteiger partial charge in [0.2, 0.25) is 5.91 Å². The molecule has 0 aliphatic carbocycles. The van der Waals surface area contributed by atoms with Gasteiger partial charge in [0.15, 0.2) is 9.84 Å². The number of carbonyl (C=O) groups is 2. The van der Waals surface area contributed by atoms with Crippen LogP contribution < -0.4 is 0 Å². The molecule has 1 aromatic rings. The highest BCUT2D eigenvalue weighted by atomic mass is 35.5. The molecule has 3 aliphatic rings. The van der Waals surface area contributed by atoms with Crippen molar-refractivity contribution in [3.63, 3.8) is 0 Å². The first-order valence-electron chi connectivity index (χ1n) is 11.1. The third-order valence-electron chi connectivity index (χ3n) is 7.30. The fourth-order valence-corrected chi connectivity index (χ4v) is 7.26. The summed E-state index contributed by atoms with van der Waals surface area (Å²) in [5.41, 5.74) is 0.972. The number of nitrogens with zero attached hydrogens (tertiary/aromatic N) is 3. The number of carbonyl (C=O) groups excluding carboxylic acids is 1. The second-order valence-electron chi connectivity index (χ2n) is 9.23. The summed E-state index contributed by atoms with van der Waals surface area (Å²) in [6, 6.07) is 7.14. The summed E-state index contributed by atoms with van der Waals surface area (Å²) in [5.74, 6) is 0.340. The lowest BCUT2D eigenvalue weighted by atomic mass is 9.93. The van der Waals surface area contributed by atoms with Gasteiger partial charge in [-0.2, -0.15) is 0 Å². The van der Waals surface area contributed by atoms with Crippen LogP contribution in [0, 0.1) is 5.92 Å². The number of sulfone groups is 1. The molecule has 3 fully saturated rings. The van der Waals surface area contributed by atoms with Crippen LogP contribution in [0.25, 0.3) is 0 Å². The summed E-state index contributed by atoms with van der Waals surface area (Å²) in [6.45, 7) is 2.30. The molecule has 0 saturated carbocycles. The lowest BCUT2D eigenvalue weighted by molar-refractivity contribution is -0.136. The largest absolute Gasteiger partial charge is 0.465 e. The number of rotatable bonds is 4. The highest BCUT2D eigenvalue weighted by molar-refractivity contribution is 7.91. The molecule has 0 spiro atoms. The molecule has 10 heteroatoms. The van der Waals surface area contributed by atoms with E-state index >= 15 is 0 Å². The van der Waals surface area contributed by atoms with E-state index in [1.165, 1.54) is 4.90 Å². The Morgan fingerprint density at radius 2 is 1.75 bits per heavy atom. The number of hydrogen-bond donors (Lipinski definition) is 1. The maximum atomic E-state index is 13.3. The lowest BCUT2D eigenvalue weighted by Gasteiger charge is -2.36. The fourth-order valence-electron chi connectivity index (χ4n) is 5.37. The van der Waals surface area contributed by atoms with E-state index in [1.54, 1.807) is 19.2 Å². The van der Waals surface area contributed by atoms with Crippen molar-refractivity contribution in [1.29, 1.82) is 0 Å². The van der Waals surface area contributed by atoms with E-state index in [0.29, 0.717) is 37.4 Å². The molecule has 1 aromatic carbocycles. The first kappa shape index (κ1) is 23.3. The average Bonchev–Trinajstić information content (AvgIpc) is 3.37. The van der Waals surface area contributed by atoms with E-state index in [0.717, 1.165) is 18.7 Å². The zero-order chi connectivity index (χ0) is 23.0. The monoisotopic (exact) mass is 483 g/mol. The van der Waals surface area contributed by atoms with Crippen molar-refractivity contribution in [3.8, 4) is 0 Å². The third kappa shape index (κ3) is 4.89. The van der Waals surface area contributed by atoms with E-state index in [1.807, 2.05) is 17.0 Å². The highest BCUT2D eigenvalue weighted by Gasteiger charge is 2.42. The van der Waals surface area contributed by atoms with Crippen molar-refractivity contribution in [2.45, 2.75) is 37.3 Å². The Morgan fingerprint density at radius 1 is 1.09 bits per heavy atom. The number of likely N-dealkylation sites (tertiary alicyclic amines) is 2. The molecule has 3 aliphatic heterocycles. The standard InChI is InChI=1S/C22H30ClN3O5S/c1-24(22(28)29)20-13-26(12-19(20)15-2-4-17(23)5-3-15)21(27)16-6-9-25(10-7-16)18-8-11-32(30,31)14-18/h2-5,16,18-20H,6-14H2,1H3,(H,28,29)/t18?,19-,20+/m0/s1. The van der Waals surface area contributed by atoms with Crippen LogP contribution in [0.2, 0.25) is 5.02 Å². The van der Waals surface area contributed by atoms with Gasteiger partial charge in [-0.3, -0.25) is 9.69 Å². The Hall–Kier alpha value is -1.84. The van der Waals surface area contributed by atoms with Crippen molar-refractivity contribution < 1.29 is 23.1 Å². The third-order valence-corrected chi connectivity index (χ3v) is 9.30. The summed E-state index contributed by atoms with van der Waals surface area (Å²) in [4.78, 5) is 30.3. The van der Waals surface area contributed by atoms with Gasteiger partial charge in [0.1, 0.15) is 0 Å². The number of hydrogen-bond acceptors (Lipinski definition) is 5. The van der Waals surface area contributed by atoms with Crippen LogP contribution in [-0.2, 0) is 14.6 Å². The molecule has 1 N–H and O–H groups in total. The molecule has 0 bridgehead atoms. The van der Waals surface area contributed by atoms with Gasteiger partial charge < -0.3 is 14.9 Å². The highest BCUT2D eigenvalue weighted by Crippen LogP contribution is 2.34. The van der Waals surface area contributed by atoms with E-state index in [2.05, 4.69) is 4.90 Å². The molecular weight excluding hydrogens is 454 g/mol. The summed E-state index contributed by atoms with van der Waals surface area (Å²) >= 11 is 6.02. The first-order valence-corrected chi connectivity index (χ1v) is 13.3. The van der Waals surface area contributed by atoms with Crippen LogP contribution in [0.4, 0.5) is 4.79 Å². The Kier molecular flexibility index (Phi) is 6.70. The van der Waals surface area contributed by atoms with Crippen molar-refractivity contribution in [2.75, 3.05) is 44.7 Å². The zero-order valence-corrected chi connectivity index (χ0v) is 19.8. The van der Waals surface area contributed by atoms with E-state index in [4.69, 9.17) is 11.6 Å². The molecule has 0 aromatic heterocycles. The van der Waals surface area contributed by atoms with E-state index in [9.17, 15) is 23.1 Å². The minimum Gasteiger partial charge on any atom is -0.465 e. The minimum absolute atomic E-state index is 0.0731. The van der Waals surface area contributed by atoms with Gasteiger partial charge in [-0.05, 0) is 50.0 Å². The van der Waals surface area contributed by atoms with Crippen molar-refractivity contribution >= 4 is 33.4 Å². The SMILES string of the molecule is CN(C(=O)O)[C@@H]1CN(C(=O)C2CCN(C3CCS(=O)(=O)C3)CC2)C[C@H]1c1ccc(Cl)cc1. The molecule has 3 heterocycles. The van der Waals surface area contributed by atoms with Gasteiger partial charge in [0.25, 0.3) is 0 Å². The molecule has 1 unspecified atom stereocenters. The van der Waals surface area contributed by atoms with E-state index < -0.39 is 15.9 Å². The van der Waals surface area contributed by atoms with Gasteiger partial charge in [0, 0.05) is 43.0 Å². The fraction of sp³-hybridized carbons (Fsp3) is 0.636. The average molecular weight is 484 g/mol.